The Hall–Kier alpha value is -2.00. The third-order valence-electron chi connectivity index (χ3n) is 3.58. The smallest absolute Gasteiger partial charge is 0.125 e. The zero-order valence-corrected chi connectivity index (χ0v) is 12.9. The quantitative estimate of drug-likeness (QED) is 0.631. The summed E-state index contributed by atoms with van der Waals surface area (Å²) in [6.07, 6.45) is 2.91. The minimum absolute atomic E-state index is 0.232. The Balaban J connectivity index is 1.95. The molecule has 1 nitrogen and oxygen atoms in total. The lowest BCUT2D eigenvalue weighted by Gasteiger charge is -2.08. The molecule has 0 spiro atoms. The second-order valence-electron chi connectivity index (χ2n) is 5.03. The van der Waals surface area contributed by atoms with Gasteiger partial charge in [0.25, 0.3) is 0 Å². The molecule has 0 radical (unpaired) electrons. The van der Waals surface area contributed by atoms with Crippen LogP contribution in [0.2, 0.25) is 0 Å². The van der Waals surface area contributed by atoms with E-state index >= 15 is 0 Å². The number of hydrogen-bond acceptors (Lipinski definition) is 2. The summed E-state index contributed by atoms with van der Waals surface area (Å²) in [6.45, 7) is 4.17. The molecule has 1 aromatic heterocycles. The molecule has 2 aromatic carbocycles. The Morgan fingerprint density at radius 3 is 2.81 bits per heavy atom. The van der Waals surface area contributed by atoms with E-state index in [9.17, 15) is 4.39 Å². The molecule has 3 heteroatoms. The number of allylic oxidation sites excluding steroid dienone is 2. The van der Waals surface area contributed by atoms with Crippen LogP contribution in [0.1, 0.15) is 23.1 Å². The van der Waals surface area contributed by atoms with Crippen molar-refractivity contribution >= 4 is 27.1 Å². The second-order valence-corrected chi connectivity index (χ2v) is 6.14. The molecular weight excluding hydrogens is 281 g/mol. The van der Waals surface area contributed by atoms with Crippen LogP contribution >= 0.6 is 11.3 Å². The predicted octanol–water partition coefficient (Wildman–Crippen LogP) is 5.39. The first-order valence-electron chi connectivity index (χ1n) is 6.93. The lowest BCUT2D eigenvalue weighted by molar-refractivity contribution is 0.629. The average molecular weight is 297 g/mol. The average Bonchev–Trinajstić information content (AvgIpc) is 2.87. The molecule has 21 heavy (non-hydrogen) atoms. The number of aryl methyl sites for hydroxylation is 1. The van der Waals surface area contributed by atoms with E-state index < -0.39 is 0 Å². The summed E-state index contributed by atoms with van der Waals surface area (Å²) in [5.41, 5.74) is 4.52. The fourth-order valence-electron chi connectivity index (χ4n) is 2.47. The van der Waals surface area contributed by atoms with Gasteiger partial charge < -0.3 is 0 Å². The summed E-state index contributed by atoms with van der Waals surface area (Å²) < 4.78 is 14.3. The molecule has 0 fully saturated rings. The number of halogens is 1. The molecular formula is C18H16FNS. The van der Waals surface area contributed by atoms with Crippen LogP contribution < -0.4 is 0 Å². The molecule has 0 aliphatic carbocycles. The first-order valence-corrected chi connectivity index (χ1v) is 7.75. The fourth-order valence-corrected chi connectivity index (χ4v) is 3.44. The van der Waals surface area contributed by atoms with Crippen molar-refractivity contribution in [3.05, 3.63) is 70.5 Å². The maximum atomic E-state index is 13.2. The van der Waals surface area contributed by atoms with Crippen LogP contribution in [-0.4, -0.2) is 4.98 Å². The highest BCUT2D eigenvalue weighted by atomic mass is 32.1. The lowest BCUT2D eigenvalue weighted by Crippen LogP contribution is -1.93. The van der Waals surface area contributed by atoms with Crippen molar-refractivity contribution in [2.75, 3.05) is 0 Å². The van der Waals surface area contributed by atoms with Crippen LogP contribution in [0.15, 0.2) is 48.5 Å². The molecule has 106 valence electrons. The molecule has 0 atom stereocenters. The van der Waals surface area contributed by atoms with Crippen LogP contribution in [0.3, 0.4) is 0 Å². The number of hydrogen-bond donors (Lipinski definition) is 0. The highest BCUT2D eigenvalue weighted by molar-refractivity contribution is 7.18. The van der Waals surface area contributed by atoms with Gasteiger partial charge in [0.2, 0.25) is 0 Å². The van der Waals surface area contributed by atoms with E-state index in [-0.39, 0.29) is 5.82 Å². The van der Waals surface area contributed by atoms with Gasteiger partial charge in [0.1, 0.15) is 5.82 Å². The Morgan fingerprint density at radius 1 is 1.24 bits per heavy atom. The van der Waals surface area contributed by atoms with E-state index in [2.05, 4.69) is 43.1 Å². The van der Waals surface area contributed by atoms with Gasteiger partial charge in [0.05, 0.1) is 15.2 Å². The van der Waals surface area contributed by atoms with Crippen molar-refractivity contribution < 1.29 is 4.39 Å². The number of fused-ring (bicyclic) bond motifs is 1. The molecule has 0 aliphatic heterocycles. The first-order chi connectivity index (χ1) is 10.2. The fraction of sp³-hybridized carbons (Fsp3) is 0.167. The largest absolute Gasteiger partial charge is 0.241 e. The van der Waals surface area contributed by atoms with E-state index in [1.165, 1.54) is 28.8 Å². The second kappa shape index (κ2) is 5.78. The third kappa shape index (κ3) is 2.88. The zero-order valence-electron chi connectivity index (χ0n) is 12.1. The number of rotatable bonds is 3. The van der Waals surface area contributed by atoms with Crippen LogP contribution in [0.4, 0.5) is 4.39 Å². The van der Waals surface area contributed by atoms with Gasteiger partial charge in [0.15, 0.2) is 0 Å². The zero-order chi connectivity index (χ0) is 14.8. The maximum absolute atomic E-state index is 13.2. The molecule has 0 aliphatic rings. The lowest BCUT2D eigenvalue weighted by atomic mass is 9.98. The predicted molar refractivity (Wildman–Crippen MR) is 88.1 cm³/mol. The van der Waals surface area contributed by atoms with Gasteiger partial charge in [-0.15, -0.1) is 11.3 Å². The molecule has 0 amide bonds. The van der Waals surface area contributed by atoms with Crippen molar-refractivity contribution in [2.45, 2.75) is 20.3 Å². The standard InChI is InChI=1S/C18H16FNS/c1-3-13(15-7-5-4-6-12(15)2)10-18-20-16-11-14(19)8-9-17(16)21-18/h3-9,11H,10H2,1-2H3/b13-3-. The Kier molecular flexibility index (Phi) is 3.84. The van der Waals surface area contributed by atoms with Crippen LogP contribution in [-0.2, 0) is 6.42 Å². The first kappa shape index (κ1) is 14.0. The molecule has 0 unspecified atom stereocenters. The minimum atomic E-state index is -0.232. The van der Waals surface area contributed by atoms with Crippen molar-refractivity contribution in [2.24, 2.45) is 0 Å². The molecule has 3 rings (SSSR count). The van der Waals surface area contributed by atoms with Gasteiger partial charge in [-0.2, -0.15) is 0 Å². The summed E-state index contributed by atoms with van der Waals surface area (Å²) in [4.78, 5) is 4.55. The van der Waals surface area contributed by atoms with E-state index in [1.807, 2.05) is 6.07 Å². The van der Waals surface area contributed by atoms with Crippen molar-refractivity contribution in [1.29, 1.82) is 0 Å². The SMILES string of the molecule is C/C=C(/Cc1nc2cc(F)ccc2s1)c1ccccc1C. The number of nitrogens with zero attached hydrogens (tertiary/aromatic N) is 1. The van der Waals surface area contributed by atoms with Crippen LogP contribution in [0.25, 0.3) is 15.8 Å². The van der Waals surface area contributed by atoms with Crippen LogP contribution in [0.5, 0.6) is 0 Å². The minimum Gasteiger partial charge on any atom is -0.241 e. The van der Waals surface area contributed by atoms with E-state index in [4.69, 9.17) is 0 Å². The molecule has 1 heterocycles. The maximum Gasteiger partial charge on any atom is 0.125 e. The van der Waals surface area contributed by atoms with Gasteiger partial charge in [-0.1, -0.05) is 30.3 Å². The third-order valence-corrected chi connectivity index (χ3v) is 4.61. The van der Waals surface area contributed by atoms with Crippen molar-refractivity contribution in [1.82, 2.24) is 4.98 Å². The van der Waals surface area contributed by atoms with E-state index in [0.717, 1.165) is 21.6 Å². The summed E-state index contributed by atoms with van der Waals surface area (Å²) >= 11 is 1.63. The van der Waals surface area contributed by atoms with E-state index in [0.29, 0.717) is 0 Å². The number of aromatic nitrogens is 1. The Morgan fingerprint density at radius 2 is 2.05 bits per heavy atom. The highest BCUT2D eigenvalue weighted by Crippen LogP contribution is 2.28. The molecule has 0 N–H and O–H groups in total. The van der Waals surface area contributed by atoms with Gasteiger partial charge >= 0.3 is 0 Å². The number of thiazole rings is 1. The van der Waals surface area contributed by atoms with Gasteiger partial charge in [-0.05, 0) is 42.7 Å². The van der Waals surface area contributed by atoms with Gasteiger partial charge in [-0.25, -0.2) is 9.37 Å². The summed E-state index contributed by atoms with van der Waals surface area (Å²) in [6, 6.07) is 13.1. The Bertz CT molecular complexity index is 817. The van der Waals surface area contributed by atoms with Gasteiger partial charge in [0, 0.05) is 12.5 Å². The van der Waals surface area contributed by atoms with Crippen LogP contribution in [0, 0.1) is 12.7 Å². The molecule has 0 saturated heterocycles. The van der Waals surface area contributed by atoms with Crippen molar-refractivity contribution in [3.63, 3.8) is 0 Å². The molecule has 0 bridgehead atoms. The number of benzene rings is 2. The summed E-state index contributed by atoms with van der Waals surface area (Å²) in [5.74, 6) is -0.232. The summed E-state index contributed by atoms with van der Waals surface area (Å²) in [7, 11) is 0. The molecule has 0 saturated carbocycles. The topological polar surface area (TPSA) is 12.9 Å². The van der Waals surface area contributed by atoms with E-state index in [1.54, 1.807) is 17.4 Å². The van der Waals surface area contributed by atoms with Crippen molar-refractivity contribution in [3.8, 4) is 0 Å². The highest BCUT2D eigenvalue weighted by Gasteiger charge is 2.09. The molecule has 3 aromatic rings. The normalized spacial score (nSPS) is 12.0. The Labute approximate surface area is 127 Å². The monoisotopic (exact) mass is 297 g/mol. The van der Waals surface area contributed by atoms with Gasteiger partial charge in [-0.3, -0.25) is 0 Å². The summed E-state index contributed by atoms with van der Waals surface area (Å²) in [5, 5.41) is 1.02.